The molecule has 1 saturated heterocycles. The molecule has 0 unspecified atom stereocenters. The van der Waals surface area contributed by atoms with Gasteiger partial charge in [0.2, 0.25) is 0 Å². The van der Waals surface area contributed by atoms with Crippen molar-refractivity contribution in [3.8, 4) is 0 Å². The normalized spacial score (nSPS) is 15.2. The van der Waals surface area contributed by atoms with Crippen molar-refractivity contribution in [3.63, 3.8) is 0 Å². The van der Waals surface area contributed by atoms with Crippen LogP contribution in [0.5, 0.6) is 0 Å². The summed E-state index contributed by atoms with van der Waals surface area (Å²) in [6.07, 6.45) is 0. The van der Waals surface area contributed by atoms with E-state index in [-0.39, 0.29) is 5.82 Å². The highest BCUT2D eigenvalue weighted by Crippen LogP contribution is 2.18. The number of hydrogen-bond acceptors (Lipinski definition) is 2. The summed E-state index contributed by atoms with van der Waals surface area (Å²) in [6, 6.07) is 13.3. The Morgan fingerprint density at radius 3 is 2.52 bits per heavy atom. The maximum absolute atomic E-state index is 13.8. The molecule has 2 aromatic carbocycles. The maximum atomic E-state index is 13.8. The van der Waals surface area contributed by atoms with Crippen LogP contribution in [0.2, 0.25) is 0 Å². The molecule has 5 heteroatoms. The summed E-state index contributed by atoms with van der Waals surface area (Å²) >= 11 is 5.58. The predicted molar refractivity (Wildman–Crippen MR) is 105 cm³/mol. The molecule has 1 fully saturated rings. The smallest absolute Gasteiger partial charge is 0.173 e. The second-order valence-electron chi connectivity index (χ2n) is 6.60. The molecule has 0 saturated carbocycles. The minimum atomic E-state index is -0.128. The Morgan fingerprint density at radius 2 is 1.80 bits per heavy atom. The van der Waals surface area contributed by atoms with Crippen LogP contribution in [0, 0.1) is 19.7 Å². The second kappa shape index (κ2) is 7.93. The second-order valence-corrected chi connectivity index (χ2v) is 6.99. The van der Waals surface area contributed by atoms with Gasteiger partial charge in [0.05, 0.1) is 0 Å². The molecule has 0 bridgehead atoms. The first-order valence-corrected chi connectivity index (χ1v) is 9.03. The lowest BCUT2D eigenvalue weighted by Crippen LogP contribution is -2.49. The van der Waals surface area contributed by atoms with Crippen molar-refractivity contribution in [2.24, 2.45) is 0 Å². The summed E-state index contributed by atoms with van der Waals surface area (Å²) in [6.45, 7) is 8.27. The van der Waals surface area contributed by atoms with E-state index in [4.69, 9.17) is 12.2 Å². The summed E-state index contributed by atoms with van der Waals surface area (Å²) < 4.78 is 13.8. The van der Waals surface area contributed by atoms with Gasteiger partial charge >= 0.3 is 0 Å². The van der Waals surface area contributed by atoms with Gasteiger partial charge in [-0.2, -0.15) is 0 Å². The number of nitrogens with one attached hydrogen (secondary N) is 1. The standard InChI is InChI=1S/C20H24FN3S/c1-15-7-8-16(2)19(13-15)22-20(25)24-11-9-23(10-12-24)14-17-5-3-4-6-18(17)21/h3-8,13H,9-12,14H2,1-2H3,(H,22,25). The lowest BCUT2D eigenvalue weighted by atomic mass is 10.1. The minimum Gasteiger partial charge on any atom is -0.346 e. The summed E-state index contributed by atoms with van der Waals surface area (Å²) in [7, 11) is 0. The average Bonchev–Trinajstić information content (AvgIpc) is 2.61. The number of anilines is 1. The number of aryl methyl sites for hydroxylation is 2. The van der Waals surface area contributed by atoms with Gasteiger partial charge in [0, 0.05) is 44.0 Å². The molecule has 25 heavy (non-hydrogen) atoms. The Balaban J connectivity index is 1.54. The van der Waals surface area contributed by atoms with Gasteiger partial charge in [0.15, 0.2) is 5.11 Å². The third-order valence-corrected chi connectivity index (χ3v) is 5.01. The van der Waals surface area contributed by atoms with E-state index >= 15 is 0 Å². The molecule has 0 amide bonds. The van der Waals surface area contributed by atoms with E-state index < -0.39 is 0 Å². The quantitative estimate of drug-likeness (QED) is 0.838. The first kappa shape index (κ1) is 17.8. The van der Waals surface area contributed by atoms with Gasteiger partial charge in [0.25, 0.3) is 0 Å². The third kappa shape index (κ3) is 4.55. The molecule has 0 aliphatic carbocycles. The van der Waals surface area contributed by atoms with Gasteiger partial charge in [-0.25, -0.2) is 4.39 Å². The molecule has 1 aliphatic rings. The van der Waals surface area contributed by atoms with E-state index in [0.29, 0.717) is 6.54 Å². The molecule has 2 aromatic rings. The minimum absolute atomic E-state index is 0.128. The SMILES string of the molecule is Cc1ccc(C)c(NC(=S)N2CCN(Cc3ccccc3F)CC2)c1. The van der Waals surface area contributed by atoms with Crippen LogP contribution in [0.3, 0.4) is 0 Å². The Kier molecular flexibility index (Phi) is 5.66. The lowest BCUT2D eigenvalue weighted by molar-refractivity contribution is 0.175. The predicted octanol–water partition coefficient (Wildman–Crippen LogP) is 3.96. The molecule has 1 N–H and O–H groups in total. The number of piperazine rings is 1. The van der Waals surface area contributed by atoms with Crippen molar-refractivity contribution < 1.29 is 4.39 Å². The first-order chi connectivity index (χ1) is 12.0. The molecule has 0 radical (unpaired) electrons. The zero-order chi connectivity index (χ0) is 17.8. The van der Waals surface area contributed by atoms with Crippen LogP contribution in [-0.4, -0.2) is 41.1 Å². The topological polar surface area (TPSA) is 18.5 Å². The van der Waals surface area contributed by atoms with Crippen molar-refractivity contribution >= 4 is 23.0 Å². The van der Waals surface area contributed by atoms with Crippen LogP contribution in [-0.2, 0) is 6.54 Å². The Morgan fingerprint density at radius 1 is 1.08 bits per heavy atom. The van der Waals surface area contributed by atoms with Gasteiger partial charge in [-0.1, -0.05) is 30.3 Å². The van der Waals surface area contributed by atoms with E-state index in [1.165, 1.54) is 17.2 Å². The molecule has 132 valence electrons. The van der Waals surface area contributed by atoms with E-state index in [1.807, 2.05) is 12.1 Å². The Bertz CT molecular complexity index is 754. The fourth-order valence-electron chi connectivity index (χ4n) is 3.04. The highest BCUT2D eigenvalue weighted by Gasteiger charge is 2.20. The molecule has 1 heterocycles. The summed E-state index contributed by atoms with van der Waals surface area (Å²) in [4.78, 5) is 4.46. The van der Waals surface area contributed by atoms with Gasteiger partial charge in [-0.05, 0) is 49.3 Å². The molecular weight excluding hydrogens is 333 g/mol. The Hall–Kier alpha value is -1.98. The van der Waals surface area contributed by atoms with E-state index in [0.717, 1.165) is 42.5 Å². The van der Waals surface area contributed by atoms with Crippen LogP contribution in [0.1, 0.15) is 16.7 Å². The van der Waals surface area contributed by atoms with Crippen molar-refractivity contribution in [2.75, 3.05) is 31.5 Å². The molecule has 3 nitrogen and oxygen atoms in total. The number of benzene rings is 2. The van der Waals surface area contributed by atoms with Crippen molar-refractivity contribution in [3.05, 3.63) is 65.0 Å². The van der Waals surface area contributed by atoms with Crippen LogP contribution < -0.4 is 5.32 Å². The monoisotopic (exact) mass is 357 g/mol. The van der Waals surface area contributed by atoms with E-state index in [1.54, 1.807) is 6.07 Å². The maximum Gasteiger partial charge on any atom is 0.173 e. The van der Waals surface area contributed by atoms with Crippen molar-refractivity contribution in [1.29, 1.82) is 0 Å². The number of thiocarbonyl (C=S) groups is 1. The van der Waals surface area contributed by atoms with E-state index in [9.17, 15) is 4.39 Å². The molecule has 0 aromatic heterocycles. The highest BCUT2D eigenvalue weighted by atomic mass is 32.1. The number of nitrogens with zero attached hydrogens (tertiary/aromatic N) is 2. The fourth-order valence-corrected chi connectivity index (χ4v) is 3.33. The first-order valence-electron chi connectivity index (χ1n) is 8.62. The van der Waals surface area contributed by atoms with Crippen LogP contribution >= 0.6 is 12.2 Å². The van der Waals surface area contributed by atoms with Crippen molar-refractivity contribution in [2.45, 2.75) is 20.4 Å². The zero-order valence-corrected chi connectivity index (χ0v) is 15.6. The van der Waals surface area contributed by atoms with Crippen LogP contribution in [0.4, 0.5) is 10.1 Å². The fraction of sp³-hybridized carbons (Fsp3) is 0.350. The van der Waals surface area contributed by atoms with Gasteiger partial charge in [0.1, 0.15) is 5.82 Å². The third-order valence-electron chi connectivity index (χ3n) is 4.65. The van der Waals surface area contributed by atoms with Crippen LogP contribution in [0.15, 0.2) is 42.5 Å². The molecule has 1 aliphatic heterocycles. The average molecular weight is 357 g/mol. The summed E-state index contributed by atoms with van der Waals surface area (Å²) in [5.41, 5.74) is 4.22. The number of halogens is 1. The van der Waals surface area contributed by atoms with Crippen molar-refractivity contribution in [1.82, 2.24) is 9.80 Å². The zero-order valence-electron chi connectivity index (χ0n) is 14.8. The Labute approximate surface area is 154 Å². The molecule has 0 spiro atoms. The van der Waals surface area contributed by atoms with Gasteiger partial charge in [-0.15, -0.1) is 0 Å². The lowest BCUT2D eigenvalue weighted by Gasteiger charge is -2.36. The van der Waals surface area contributed by atoms with Gasteiger partial charge < -0.3 is 10.2 Å². The summed E-state index contributed by atoms with van der Waals surface area (Å²) in [5.74, 6) is -0.128. The van der Waals surface area contributed by atoms with Gasteiger partial charge in [-0.3, -0.25) is 4.90 Å². The van der Waals surface area contributed by atoms with E-state index in [2.05, 4.69) is 47.2 Å². The number of hydrogen-bond donors (Lipinski definition) is 1. The molecule has 3 rings (SSSR count). The molecular formula is C20H24FN3S. The van der Waals surface area contributed by atoms with Crippen LogP contribution in [0.25, 0.3) is 0 Å². The largest absolute Gasteiger partial charge is 0.346 e. The molecule has 0 atom stereocenters. The number of rotatable bonds is 3. The highest BCUT2D eigenvalue weighted by molar-refractivity contribution is 7.80. The summed E-state index contributed by atoms with van der Waals surface area (Å²) in [5, 5.41) is 4.14.